The highest BCUT2D eigenvalue weighted by atomic mass is 19.3. The molecule has 0 saturated heterocycles. The van der Waals surface area contributed by atoms with E-state index < -0.39 is 36.4 Å². The SMILES string of the molecule is O=C(NCC(F)(F)C(=O)NCC1CC1C(=O)O)OCC1c2ccccc2-c2ccccc21. The minimum absolute atomic E-state index is 0.0319. The van der Waals surface area contributed by atoms with Crippen LogP contribution in [0.1, 0.15) is 23.5 Å². The zero-order chi connectivity index (χ0) is 22.9. The first-order chi connectivity index (χ1) is 15.3. The van der Waals surface area contributed by atoms with E-state index in [9.17, 15) is 23.2 Å². The standard InChI is InChI=1S/C23H22F2N2O5/c24-23(25,21(30)26-10-13-9-18(13)20(28)29)12-27-22(31)32-11-19-16-7-3-1-5-14(16)15-6-2-4-8-17(15)19/h1-8,13,18-19H,9-12H2,(H,26,30)(H,27,31)(H,28,29). The van der Waals surface area contributed by atoms with E-state index in [1.165, 1.54) is 0 Å². The number of carboxylic acid groups (broad SMARTS) is 1. The Morgan fingerprint density at radius 1 is 1.00 bits per heavy atom. The molecule has 2 amide bonds. The van der Waals surface area contributed by atoms with E-state index in [1.807, 2.05) is 59.2 Å². The molecule has 1 saturated carbocycles. The van der Waals surface area contributed by atoms with Crippen LogP contribution in [0.25, 0.3) is 11.1 Å². The third-order valence-electron chi connectivity index (χ3n) is 5.90. The van der Waals surface area contributed by atoms with Crippen LogP contribution in [-0.4, -0.2) is 48.7 Å². The lowest BCUT2D eigenvalue weighted by Gasteiger charge is -2.18. The minimum Gasteiger partial charge on any atom is -0.481 e. The van der Waals surface area contributed by atoms with Crippen molar-refractivity contribution in [3.8, 4) is 11.1 Å². The number of carbonyl (C=O) groups excluding carboxylic acids is 2. The average molecular weight is 444 g/mol. The van der Waals surface area contributed by atoms with E-state index >= 15 is 0 Å². The highest BCUT2D eigenvalue weighted by Gasteiger charge is 2.45. The van der Waals surface area contributed by atoms with Crippen LogP contribution < -0.4 is 10.6 Å². The van der Waals surface area contributed by atoms with Crippen LogP contribution in [0.5, 0.6) is 0 Å². The Kier molecular flexibility index (Phi) is 5.82. The van der Waals surface area contributed by atoms with Gasteiger partial charge >= 0.3 is 18.0 Å². The summed E-state index contributed by atoms with van der Waals surface area (Å²) in [7, 11) is 0. The molecular weight excluding hydrogens is 422 g/mol. The molecule has 1 fully saturated rings. The summed E-state index contributed by atoms with van der Waals surface area (Å²) in [5.41, 5.74) is 4.07. The van der Waals surface area contributed by atoms with Gasteiger partial charge in [0.1, 0.15) is 6.61 Å². The average Bonchev–Trinajstić information content (AvgIpc) is 3.50. The summed E-state index contributed by atoms with van der Waals surface area (Å²) < 4.78 is 33.3. The molecule has 0 heterocycles. The molecule has 2 aliphatic carbocycles. The number of carboxylic acids is 1. The van der Waals surface area contributed by atoms with Crippen LogP contribution in [0.3, 0.4) is 0 Å². The zero-order valence-electron chi connectivity index (χ0n) is 17.0. The van der Waals surface area contributed by atoms with Crippen molar-refractivity contribution in [3.63, 3.8) is 0 Å². The Labute approximate surface area is 182 Å². The van der Waals surface area contributed by atoms with Crippen LogP contribution in [-0.2, 0) is 14.3 Å². The maximum Gasteiger partial charge on any atom is 0.407 e. The van der Waals surface area contributed by atoms with Crippen molar-refractivity contribution in [1.29, 1.82) is 0 Å². The fraction of sp³-hybridized carbons (Fsp3) is 0.348. The predicted octanol–water partition coefficient (Wildman–Crippen LogP) is 3.00. The summed E-state index contributed by atoms with van der Waals surface area (Å²) in [4.78, 5) is 34.5. The van der Waals surface area contributed by atoms with Gasteiger partial charge in [0, 0.05) is 12.5 Å². The van der Waals surface area contributed by atoms with Crippen LogP contribution in [0.2, 0.25) is 0 Å². The number of benzene rings is 2. The third-order valence-corrected chi connectivity index (χ3v) is 5.90. The lowest BCUT2D eigenvalue weighted by molar-refractivity contribution is -0.145. The number of rotatable bonds is 8. The highest BCUT2D eigenvalue weighted by Crippen LogP contribution is 2.44. The summed E-state index contributed by atoms with van der Waals surface area (Å²) in [6.45, 7) is -1.39. The lowest BCUT2D eigenvalue weighted by atomic mass is 9.98. The molecule has 0 aromatic heterocycles. The quantitative estimate of drug-likeness (QED) is 0.581. The maximum absolute atomic E-state index is 14.0. The molecule has 2 unspecified atom stereocenters. The molecule has 0 radical (unpaired) electrons. The summed E-state index contributed by atoms with van der Waals surface area (Å²) in [6, 6.07) is 15.5. The topological polar surface area (TPSA) is 105 Å². The zero-order valence-corrected chi connectivity index (χ0v) is 17.0. The van der Waals surface area contributed by atoms with Crippen LogP contribution in [0.15, 0.2) is 48.5 Å². The van der Waals surface area contributed by atoms with Crippen molar-refractivity contribution in [1.82, 2.24) is 10.6 Å². The number of alkyl halides is 2. The minimum atomic E-state index is -3.85. The fourth-order valence-electron chi connectivity index (χ4n) is 4.04. The molecule has 2 aliphatic rings. The first-order valence-electron chi connectivity index (χ1n) is 10.3. The number of fused-ring (bicyclic) bond motifs is 3. The summed E-state index contributed by atoms with van der Waals surface area (Å²) in [6.07, 6.45) is -0.702. The van der Waals surface area contributed by atoms with Gasteiger partial charge in [0.2, 0.25) is 0 Å². The number of alkyl carbamates (subject to hydrolysis) is 1. The van der Waals surface area contributed by atoms with Gasteiger partial charge in [-0.15, -0.1) is 0 Å². The first-order valence-corrected chi connectivity index (χ1v) is 10.3. The van der Waals surface area contributed by atoms with E-state index in [0.29, 0.717) is 6.42 Å². The normalized spacial score (nSPS) is 18.9. The molecule has 0 bridgehead atoms. The van der Waals surface area contributed by atoms with Gasteiger partial charge in [-0.3, -0.25) is 9.59 Å². The molecule has 2 atom stereocenters. The third kappa shape index (κ3) is 4.42. The number of ether oxygens (including phenoxy) is 1. The fourth-order valence-corrected chi connectivity index (χ4v) is 4.04. The summed E-state index contributed by atoms with van der Waals surface area (Å²) >= 11 is 0. The van der Waals surface area contributed by atoms with Gasteiger partial charge in [0.15, 0.2) is 0 Å². The molecule has 0 spiro atoms. The second kappa shape index (κ2) is 8.57. The van der Waals surface area contributed by atoms with E-state index in [2.05, 4.69) is 0 Å². The molecule has 3 N–H and O–H groups in total. The Hall–Kier alpha value is -3.49. The molecule has 2 aromatic carbocycles. The Balaban J connectivity index is 1.27. The van der Waals surface area contributed by atoms with Gasteiger partial charge in [-0.1, -0.05) is 48.5 Å². The van der Waals surface area contributed by atoms with Gasteiger partial charge in [-0.2, -0.15) is 8.78 Å². The Bertz CT molecular complexity index is 1010. The molecule has 7 nitrogen and oxygen atoms in total. The molecular formula is C23H22F2N2O5. The Morgan fingerprint density at radius 2 is 1.59 bits per heavy atom. The van der Waals surface area contributed by atoms with Gasteiger partial charge in [0.25, 0.3) is 5.91 Å². The van der Waals surface area contributed by atoms with Crippen molar-refractivity contribution in [3.05, 3.63) is 59.7 Å². The van der Waals surface area contributed by atoms with Gasteiger partial charge in [-0.25, -0.2) is 4.79 Å². The number of carbonyl (C=O) groups is 3. The van der Waals surface area contributed by atoms with E-state index in [1.54, 1.807) is 0 Å². The first kappa shape index (κ1) is 21.7. The second-order valence-corrected chi connectivity index (χ2v) is 8.03. The van der Waals surface area contributed by atoms with Gasteiger partial charge < -0.3 is 20.5 Å². The molecule has 2 aromatic rings. The molecule has 168 valence electrons. The van der Waals surface area contributed by atoms with Gasteiger partial charge in [0.05, 0.1) is 12.5 Å². The number of nitrogens with one attached hydrogen (secondary N) is 2. The van der Waals surface area contributed by atoms with Gasteiger partial charge in [-0.05, 0) is 34.6 Å². The van der Waals surface area contributed by atoms with E-state index in [-0.39, 0.29) is 25.0 Å². The lowest BCUT2D eigenvalue weighted by Crippen LogP contribution is -2.48. The number of hydrogen-bond donors (Lipinski definition) is 3. The molecule has 32 heavy (non-hydrogen) atoms. The van der Waals surface area contributed by atoms with Crippen molar-refractivity contribution in [2.75, 3.05) is 19.7 Å². The highest BCUT2D eigenvalue weighted by molar-refractivity contribution is 5.84. The smallest absolute Gasteiger partial charge is 0.407 e. The molecule has 0 aliphatic heterocycles. The van der Waals surface area contributed by atoms with Crippen molar-refractivity contribution in [2.45, 2.75) is 18.3 Å². The summed E-state index contributed by atoms with van der Waals surface area (Å²) in [5.74, 6) is -7.58. The molecule has 4 rings (SSSR count). The maximum atomic E-state index is 14.0. The van der Waals surface area contributed by atoms with Crippen LogP contribution >= 0.6 is 0 Å². The van der Waals surface area contributed by atoms with Crippen LogP contribution in [0, 0.1) is 11.8 Å². The van der Waals surface area contributed by atoms with Crippen molar-refractivity contribution >= 4 is 18.0 Å². The second-order valence-electron chi connectivity index (χ2n) is 8.03. The molecule has 9 heteroatoms. The number of aliphatic carboxylic acids is 1. The van der Waals surface area contributed by atoms with Crippen molar-refractivity contribution in [2.24, 2.45) is 11.8 Å². The largest absolute Gasteiger partial charge is 0.481 e. The van der Waals surface area contributed by atoms with E-state index in [4.69, 9.17) is 9.84 Å². The number of halogens is 2. The van der Waals surface area contributed by atoms with E-state index in [0.717, 1.165) is 22.3 Å². The summed E-state index contributed by atoms with van der Waals surface area (Å²) in [5, 5.41) is 12.8. The number of amides is 2. The Morgan fingerprint density at radius 3 is 2.16 bits per heavy atom. The van der Waals surface area contributed by atoms with Crippen molar-refractivity contribution < 1.29 is 33.0 Å². The monoisotopic (exact) mass is 444 g/mol. The number of hydrogen-bond acceptors (Lipinski definition) is 4. The van der Waals surface area contributed by atoms with Crippen LogP contribution in [0.4, 0.5) is 13.6 Å². The predicted molar refractivity (Wildman–Crippen MR) is 110 cm³/mol.